The maximum absolute atomic E-state index is 12.7. The largest absolute Gasteiger partial charge is 0.490 e. The van der Waals surface area contributed by atoms with Gasteiger partial charge in [0, 0.05) is 31.9 Å². The highest BCUT2D eigenvalue weighted by Crippen LogP contribution is 2.30. The molecule has 0 saturated heterocycles. The molecule has 1 amide bonds. The van der Waals surface area contributed by atoms with Crippen molar-refractivity contribution >= 4 is 12.0 Å². The lowest BCUT2D eigenvalue weighted by molar-refractivity contribution is -0.117. The summed E-state index contributed by atoms with van der Waals surface area (Å²) < 4.78 is 13.3. The molecule has 0 spiro atoms. The molecule has 1 N–H and O–H groups in total. The van der Waals surface area contributed by atoms with E-state index in [4.69, 9.17) is 9.47 Å². The lowest BCUT2D eigenvalue weighted by Crippen LogP contribution is -2.29. The molecule has 6 nitrogen and oxygen atoms in total. The van der Waals surface area contributed by atoms with E-state index in [1.807, 2.05) is 66.3 Å². The van der Waals surface area contributed by atoms with Crippen molar-refractivity contribution in [1.82, 2.24) is 14.9 Å². The summed E-state index contributed by atoms with van der Waals surface area (Å²) in [5.74, 6) is 2.02. The van der Waals surface area contributed by atoms with Gasteiger partial charge in [-0.1, -0.05) is 36.4 Å². The van der Waals surface area contributed by atoms with E-state index < -0.39 is 0 Å². The summed E-state index contributed by atoms with van der Waals surface area (Å²) in [4.78, 5) is 17.1. The average Bonchev–Trinajstić information content (AvgIpc) is 3.03. The van der Waals surface area contributed by atoms with E-state index in [-0.39, 0.29) is 11.9 Å². The second-order valence-corrected chi connectivity index (χ2v) is 6.84. The van der Waals surface area contributed by atoms with Crippen molar-refractivity contribution in [3.8, 4) is 11.5 Å². The average molecular weight is 389 g/mol. The van der Waals surface area contributed by atoms with Gasteiger partial charge in [-0.2, -0.15) is 0 Å². The van der Waals surface area contributed by atoms with E-state index in [9.17, 15) is 4.79 Å². The number of rotatable bonds is 5. The fraction of sp³-hybridized carbons (Fsp3) is 0.217. The summed E-state index contributed by atoms with van der Waals surface area (Å²) in [5, 5.41) is 3.05. The molecule has 6 heteroatoms. The van der Waals surface area contributed by atoms with Gasteiger partial charge in [0.1, 0.15) is 11.9 Å². The highest BCUT2D eigenvalue weighted by atomic mass is 16.5. The number of fused-ring (bicyclic) bond motifs is 1. The topological polar surface area (TPSA) is 65.4 Å². The van der Waals surface area contributed by atoms with E-state index >= 15 is 0 Å². The highest BCUT2D eigenvalue weighted by molar-refractivity contribution is 5.92. The molecule has 3 aromatic rings. The van der Waals surface area contributed by atoms with Crippen LogP contribution in [-0.2, 0) is 11.8 Å². The maximum Gasteiger partial charge on any atom is 0.244 e. The van der Waals surface area contributed by atoms with Crippen LogP contribution in [0.2, 0.25) is 0 Å². The fourth-order valence-electron chi connectivity index (χ4n) is 3.24. The summed E-state index contributed by atoms with van der Waals surface area (Å²) in [6, 6.07) is 15.1. The second kappa shape index (κ2) is 8.65. The molecule has 4 rings (SSSR count). The first-order valence-electron chi connectivity index (χ1n) is 9.61. The Bertz CT molecular complexity index is 1010. The second-order valence-electron chi connectivity index (χ2n) is 6.84. The molecule has 2 heterocycles. The van der Waals surface area contributed by atoms with Crippen LogP contribution in [0.1, 0.15) is 29.4 Å². The zero-order valence-corrected chi connectivity index (χ0v) is 16.2. The van der Waals surface area contributed by atoms with Gasteiger partial charge in [0.25, 0.3) is 0 Å². The van der Waals surface area contributed by atoms with E-state index in [0.717, 1.165) is 29.1 Å². The Balaban J connectivity index is 1.51. The van der Waals surface area contributed by atoms with Crippen LogP contribution in [-0.4, -0.2) is 28.7 Å². The van der Waals surface area contributed by atoms with E-state index in [1.54, 1.807) is 12.3 Å². The molecule has 2 aromatic carbocycles. The van der Waals surface area contributed by atoms with Gasteiger partial charge < -0.3 is 19.4 Å². The molecule has 0 bridgehead atoms. The zero-order valence-electron chi connectivity index (χ0n) is 16.2. The zero-order chi connectivity index (χ0) is 20.1. The van der Waals surface area contributed by atoms with Crippen molar-refractivity contribution in [2.24, 2.45) is 7.05 Å². The van der Waals surface area contributed by atoms with E-state index in [0.29, 0.717) is 19.0 Å². The summed E-state index contributed by atoms with van der Waals surface area (Å²) in [6.07, 6.45) is 7.74. The van der Waals surface area contributed by atoms with Gasteiger partial charge in [0.15, 0.2) is 11.5 Å². The van der Waals surface area contributed by atoms with Gasteiger partial charge in [-0.25, -0.2) is 4.98 Å². The van der Waals surface area contributed by atoms with Crippen molar-refractivity contribution < 1.29 is 14.3 Å². The summed E-state index contributed by atoms with van der Waals surface area (Å²) >= 11 is 0. The van der Waals surface area contributed by atoms with Crippen molar-refractivity contribution in [2.45, 2.75) is 12.5 Å². The number of imidazole rings is 1. The monoisotopic (exact) mass is 389 g/mol. The SMILES string of the molecule is Cn1ccnc1C(NC(=O)/C=C/c1ccc2c(c1)OCCCO2)c1ccccc1. The van der Waals surface area contributed by atoms with Gasteiger partial charge in [-0.05, 0) is 29.3 Å². The third-order valence-corrected chi connectivity index (χ3v) is 4.73. The van der Waals surface area contributed by atoms with Crippen molar-refractivity contribution in [2.75, 3.05) is 13.2 Å². The molecule has 0 fully saturated rings. The van der Waals surface area contributed by atoms with Crippen molar-refractivity contribution in [1.29, 1.82) is 0 Å². The first-order valence-corrected chi connectivity index (χ1v) is 9.61. The number of hydrogen-bond acceptors (Lipinski definition) is 4. The number of aryl methyl sites for hydroxylation is 1. The van der Waals surface area contributed by atoms with Gasteiger partial charge in [-0.3, -0.25) is 4.79 Å². The summed E-state index contributed by atoms with van der Waals surface area (Å²) in [7, 11) is 1.91. The van der Waals surface area contributed by atoms with Crippen LogP contribution in [0.3, 0.4) is 0 Å². The summed E-state index contributed by atoms with van der Waals surface area (Å²) in [6.45, 7) is 1.28. The molecule has 1 aliphatic heterocycles. The molecule has 0 radical (unpaired) electrons. The van der Waals surface area contributed by atoms with Crippen LogP contribution < -0.4 is 14.8 Å². The Hall–Kier alpha value is -3.54. The Kier molecular flexibility index (Phi) is 5.61. The highest BCUT2D eigenvalue weighted by Gasteiger charge is 2.19. The Morgan fingerprint density at radius 2 is 1.93 bits per heavy atom. The van der Waals surface area contributed by atoms with Crippen LogP contribution in [0.4, 0.5) is 0 Å². The van der Waals surface area contributed by atoms with Crippen molar-refractivity contribution in [3.63, 3.8) is 0 Å². The predicted octanol–water partition coefficient (Wildman–Crippen LogP) is 3.50. The summed E-state index contributed by atoms with van der Waals surface area (Å²) in [5.41, 5.74) is 1.84. The van der Waals surface area contributed by atoms with Gasteiger partial charge in [0.05, 0.1) is 13.2 Å². The minimum atomic E-state index is -0.336. The first-order chi connectivity index (χ1) is 14.2. The van der Waals surface area contributed by atoms with Crippen LogP contribution in [0, 0.1) is 0 Å². The molecule has 0 aliphatic carbocycles. The molecule has 1 unspecified atom stereocenters. The standard InChI is InChI=1S/C23H23N3O3/c1-26-13-12-24-23(26)22(18-6-3-2-4-7-18)25-21(27)11-9-17-8-10-19-20(16-17)29-15-5-14-28-19/h2-4,6-13,16,22H,5,14-15H2,1H3,(H,25,27)/b11-9+. The number of aromatic nitrogens is 2. The number of nitrogens with one attached hydrogen (secondary N) is 1. The molecule has 1 aliphatic rings. The maximum atomic E-state index is 12.7. The molecule has 0 saturated carbocycles. The Morgan fingerprint density at radius 3 is 2.69 bits per heavy atom. The molecule has 1 atom stereocenters. The van der Waals surface area contributed by atoms with Gasteiger partial charge in [0.2, 0.25) is 5.91 Å². The smallest absolute Gasteiger partial charge is 0.244 e. The molecule has 29 heavy (non-hydrogen) atoms. The molecular formula is C23H23N3O3. The van der Waals surface area contributed by atoms with Crippen LogP contribution in [0.25, 0.3) is 6.08 Å². The predicted molar refractivity (Wildman–Crippen MR) is 111 cm³/mol. The fourth-order valence-corrected chi connectivity index (χ4v) is 3.24. The third-order valence-electron chi connectivity index (χ3n) is 4.73. The van der Waals surface area contributed by atoms with Crippen LogP contribution >= 0.6 is 0 Å². The minimum Gasteiger partial charge on any atom is -0.490 e. The van der Waals surface area contributed by atoms with Crippen molar-refractivity contribution in [3.05, 3.63) is 84.0 Å². The number of carbonyl (C=O) groups is 1. The number of hydrogen-bond donors (Lipinski definition) is 1. The van der Waals surface area contributed by atoms with Crippen LogP contribution in [0.5, 0.6) is 11.5 Å². The molecular weight excluding hydrogens is 366 g/mol. The number of amides is 1. The molecule has 1 aromatic heterocycles. The quantitative estimate of drug-likeness (QED) is 0.679. The van der Waals surface area contributed by atoms with Gasteiger partial charge >= 0.3 is 0 Å². The number of nitrogens with zero attached hydrogens (tertiary/aromatic N) is 2. The third kappa shape index (κ3) is 4.48. The van der Waals surface area contributed by atoms with E-state index in [1.165, 1.54) is 6.08 Å². The Labute approximate surface area is 169 Å². The van der Waals surface area contributed by atoms with E-state index in [2.05, 4.69) is 10.3 Å². The number of carbonyl (C=O) groups excluding carboxylic acids is 1. The lowest BCUT2D eigenvalue weighted by atomic mass is 10.1. The van der Waals surface area contributed by atoms with Gasteiger partial charge in [-0.15, -0.1) is 0 Å². The Morgan fingerprint density at radius 1 is 1.14 bits per heavy atom. The lowest BCUT2D eigenvalue weighted by Gasteiger charge is -2.18. The number of ether oxygens (including phenoxy) is 2. The minimum absolute atomic E-state index is 0.200. The molecule has 148 valence electrons. The van der Waals surface area contributed by atoms with Crippen LogP contribution in [0.15, 0.2) is 67.0 Å². The normalized spacial score (nSPS) is 14.4. The number of benzene rings is 2. The first kappa shape index (κ1) is 18.8.